The van der Waals surface area contributed by atoms with E-state index in [9.17, 15) is 18.3 Å². The van der Waals surface area contributed by atoms with Gasteiger partial charge in [-0.3, -0.25) is 0 Å². The van der Waals surface area contributed by atoms with Crippen molar-refractivity contribution in [2.45, 2.75) is 38.6 Å². The first-order valence-electron chi connectivity index (χ1n) is 6.41. The SMILES string of the molecule is CCC(C)[C@H](O)[C@H](N)c1ccc(OC)cc1C(F)(F)F.Cl. The number of aliphatic hydroxyl groups is 1. The number of hydrogen-bond donors (Lipinski definition) is 2. The van der Waals surface area contributed by atoms with Crippen LogP contribution in [0.15, 0.2) is 18.2 Å². The fourth-order valence-corrected chi connectivity index (χ4v) is 1.98. The Morgan fingerprint density at radius 3 is 2.33 bits per heavy atom. The molecule has 3 nitrogen and oxygen atoms in total. The van der Waals surface area contributed by atoms with Gasteiger partial charge in [0.2, 0.25) is 0 Å². The molecular formula is C14H21ClF3NO2. The van der Waals surface area contributed by atoms with Crippen LogP contribution in [-0.2, 0) is 6.18 Å². The van der Waals surface area contributed by atoms with Crippen LogP contribution in [0.5, 0.6) is 5.75 Å². The molecule has 1 aromatic rings. The maximum Gasteiger partial charge on any atom is 0.416 e. The molecule has 0 heterocycles. The number of ether oxygens (including phenoxy) is 1. The molecule has 3 atom stereocenters. The van der Waals surface area contributed by atoms with Crippen LogP contribution in [0.3, 0.4) is 0 Å². The standard InChI is InChI=1S/C14H20F3NO2.ClH/c1-4-8(2)13(19)12(18)10-6-5-9(20-3)7-11(10)14(15,16)17;/h5-8,12-13,19H,4,18H2,1-3H3;1H/t8?,12-,13+;/m1./s1. The van der Waals surface area contributed by atoms with Crippen LogP contribution in [0, 0.1) is 5.92 Å². The van der Waals surface area contributed by atoms with Crippen molar-refractivity contribution in [3.8, 4) is 5.75 Å². The highest BCUT2D eigenvalue weighted by atomic mass is 35.5. The number of methoxy groups -OCH3 is 1. The molecule has 122 valence electrons. The first-order valence-corrected chi connectivity index (χ1v) is 6.41. The zero-order valence-corrected chi connectivity index (χ0v) is 13.0. The first-order chi connectivity index (χ1) is 9.22. The van der Waals surface area contributed by atoms with E-state index in [1.807, 2.05) is 6.92 Å². The van der Waals surface area contributed by atoms with Crippen molar-refractivity contribution in [3.05, 3.63) is 29.3 Å². The van der Waals surface area contributed by atoms with Crippen molar-refractivity contribution in [1.82, 2.24) is 0 Å². The number of rotatable bonds is 5. The molecule has 0 aromatic heterocycles. The van der Waals surface area contributed by atoms with Gasteiger partial charge in [-0.2, -0.15) is 13.2 Å². The summed E-state index contributed by atoms with van der Waals surface area (Å²) < 4.78 is 44.0. The summed E-state index contributed by atoms with van der Waals surface area (Å²) in [5, 5.41) is 10.0. The Labute approximate surface area is 128 Å². The highest BCUT2D eigenvalue weighted by Gasteiger charge is 2.37. The Morgan fingerprint density at radius 1 is 1.33 bits per heavy atom. The van der Waals surface area contributed by atoms with Crippen LogP contribution in [0.4, 0.5) is 13.2 Å². The number of benzene rings is 1. The van der Waals surface area contributed by atoms with Gasteiger partial charge < -0.3 is 15.6 Å². The van der Waals surface area contributed by atoms with Crippen LogP contribution < -0.4 is 10.5 Å². The number of nitrogens with two attached hydrogens (primary N) is 1. The van der Waals surface area contributed by atoms with Gasteiger partial charge in [0.25, 0.3) is 0 Å². The van der Waals surface area contributed by atoms with Gasteiger partial charge in [0.1, 0.15) is 5.75 Å². The summed E-state index contributed by atoms with van der Waals surface area (Å²) >= 11 is 0. The predicted molar refractivity (Wildman–Crippen MR) is 77.6 cm³/mol. The highest BCUT2D eigenvalue weighted by molar-refractivity contribution is 5.85. The van der Waals surface area contributed by atoms with Crippen molar-refractivity contribution in [2.24, 2.45) is 11.7 Å². The maximum atomic E-state index is 13.1. The van der Waals surface area contributed by atoms with Gasteiger partial charge in [0.05, 0.1) is 24.8 Å². The number of hydrogen-bond acceptors (Lipinski definition) is 3. The molecule has 21 heavy (non-hydrogen) atoms. The largest absolute Gasteiger partial charge is 0.497 e. The lowest BCUT2D eigenvalue weighted by molar-refractivity contribution is -0.138. The monoisotopic (exact) mass is 327 g/mol. The second kappa shape index (κ2) is 7.87. The molecule has 3 N–H and O–H groups in total. The molecular weight excluding hydrogens is 307 g/mol. The Kier molecular flexibility index (Phi) is 7.50. The Morgan fingerprint density at radius 2 is 1.90 bits per heavy atom. The fraction of sp³-hybridized carbons (Fsp3) is 0.571. The zero-order chi connectivity index (χ0) is 15.5. The van der Waals surface area contributed by atoms with E-state index in [0.717, 1.165) is 6.07 Å². The number of halogens is 4. The maximum absolute atomic E-state index is 13.1. The van der Waals surface area contributed by atoms with E-state index in [0.29, 0.717) is 6.42 Å². The lowest BCUT2D eigenvalue weighted by atomic mass is 9.89. The Balaban J connectivity index is 0.00000400. The molecule has 1 unspecified atom stereocenters. The minimum Gasteiger partial charge on any atom is -0.497 e. The van der Waals surface area contributed by atoms with E-state index in [-0.39, 0.29) is 29.6 Å². The van der Waals surface area contributed by atoms with E-state index < -0.39 is 23.9 Å². The van der Waals surface area contributed by atoms with E-state index in [1.54, 1.807) is 6.92 Å². The van der Waals surface area contributed by atoms with Gasteiger partial charge in [-0.05, 0) is 23.6 Å². The molecule has 7 heteroatoms. The van der Waals surface area contributed by atoms with E-state index in [4.69, 9.17) is 10.5 Å². The summed E-state index contributed by atoms with van der Waals surface area (Å²) in [6.07, 6.45) is -4.95. The average molecular weight is 328 g/mol. The van der Waals surface area contributed by atoms with Gasteiger partial charge in [0, 0.05) is 0 Å². The van der Waals surface area contributed by atoms with E-state index >= 15 is 0 Å². The summed E-state index contributed by atoms with van der Waals surface area (Å²) in [5.74, 6) is -0.0838. The molecule has 1 rings (SSSR count). The molecule has 0 aliphatic heterocycles. The van der Waals surface area contributed by atoms with E-state index in [2.05, 4.69) is 0 Å². The second-order valence-electron chi connectivity index (χ2n) is 4.85. The molecule has 0 saturated carbocycles. The molecule has 0 aliphatic rings. The van der Waals surface area contributed by atoms with Gasteiger partial charge in [-0.15, -0.1) is 12.4 Å². The van der Waals surface area contributed by atoms with Gasteiger partial charge >= 0.3 is 6.18 Å². The Hall–Kier alpha value is -0.980. The van der Waals surface area contributed by atoms with Crippen molar-refractivity contribution >= 4 is 12.4 Å². The zero-order valence-electron chi connectivity index (χ0n) is 12.1. The van der Waals surface area contributed by atoms with Crippen molar-refractivity contribution in [3.63, 3.8) is 0 Å². The number of alkyl halides is 3. The minimum atomic E-state index is -4.54. The normalized spacial score (nSPS) is 15.8. The summed E-state index contributed by atoms with van der Waals surface area (Å²) in [5.41, 5.74) is 4.83. The average Bonchev–Trinajstić information content (AvgIpc) is 2.43. The molecule has 0 saturated heterocycles. The Bertz CT molecular complexity index is 454. The van der Waals surface area contributed by atoms with Crippen LogP contribution >= 0.6 is 12.4 Å². The van der Waals surface area contributed by atoms with Crippen molar-refractivity contribution in [1.29, 1.82) is 0 Å². The van der Waals surface area contributed by atoms with Gasteiger partial charge in [0.15, 0.2) is 0 Å². The molecule has 0 aliphatic carbocycles. The summed E-state index contributed by atoms with van der Waals surface area (Å²) in [7, 11) is 1.29. The van der Waals surface area contributed by atoms with Crippen LogP contribution in [0.2, 0.25) is 0 Å². The smallest absolute Gasteiger partial charge is 0.416 e. The lowest BCUT2D eigenvalue weighted by Gasteiger charge is -2.26. The van der Waals surface area contributed by atoms with Crippen LogP contribution in [0.1, 0.15) is 37.4 Å². The number of aliphatic hydroxyl groups excluding tert-OH is 1. The molecule has 0 spiro atoms. The molecule has 0 bridgehead atoms. The predicted octanol–water partition coefficient (Wildman–Crippen LogP) is 3.54. The van der Waals surface area contributed by atoms with Crippen LogP contribution in [-0.4, -0.2) is 18.3 Å². The second-order valence-corrected chi connectivity index (χ2v) is 4.85. The topological polar surface area (TPSA) is 55.5 Å². The van der Waals surface area contributed by atoms with Gasteiger partial charge in [-0.1, -0.05) is 26.3 Å². The van der Waals surface area contributed by atoms with Crippen molar-refractivity contribution < 1.29 is 23.0 Å². The first kappa shape index (κ1) is 20.0. The molecule has 0 radical (unpaired) electrons. The van der Waals surface area contributed by atoms with Crippen LogP contribution in [0.25, 0.3) is 0 Å². The minimum absolute atomic E-state index is 0. The molecule has 0 amide bonds. The highest BCUT2D eigenvalue weighted by Crippen LogP contribution is 2.37. The van der Waals surface area contributed by atoms with Crippen molar-refractivity contribution in [2.75, 3.05) is 7.11 Å². The fourth-order valence-electron chi connectivity index (χ4n) is 1.98. The molecule has 1 aromatic carbocycles. The third kappa shape index (κ3) is 4.76. The molecule has 0 fully saturated rings. The van der Waals surface area contributed by atoms with E-state index in [1.165, 1.54) is 19.2 Å². The quantitative estimate of drug-likeness (QED) is 0.869. The summed E-state index contributed by atoms with van der Waals surface area (Å²) in [6.45, 7) is 3.60. The summed E-state index contributed by atoms with van der Waals surface area (Å²) in [6, 6.07) is 2.48. The van der Waals surface area contributed by atoms with Gasteiger partial charge in [-0.25, -0.2) is 0 Å². The lowest BCUT2D eigenvalue weighted by Crippen LogP contribution is -2.33. The summed E-state index contributed by atoms with van der Waals surface area (Å²) in [4.78, 5) is 0. The third-order valence-electron chi connectivity index (χ3n) is 3.52. The third-order valence-corrected chi connectivity index (χ3v) is 3.52.